The fraction of sp³-hybridized carbons (Fsp3) is 0.300. The standard InChI is InChI=1S/C10H10Cl2O2/c1-6-5-8(11)3-4-9(6)14-7(2)10(12)13/h3-5,7H,1-2H3/t7-/m1/s1. The van der Waals surface area contributed by atoms with Crippen molar-refractivity contribution in [1.82, 2.24) is 0 Å². The highest BCUT2D eigenvalue weighted by Gasteiger charge is 2.12. The van der Waals surface area contributed by atoms with E-state index in [1.165, 1.54) is 0 Å². The molecule has 76 valence electrons. The summed E-state index contributed by atoms with van der Waals surface area (Å²) in [6.07, 6.45) is -0.642. The van der Waals surface area contributed by atoms with Crippen LogP contribution < -0.4 is 4.74 Å². The van der Waals surface area contributed by atoms with E-state index in [1.807, 2.05) is 6.92 Å². The Kier molecular flexibility index (Phi) is 3.78. The quantitative estimate of drug-likeness (QED) is 0.749. The van der Waals surface area contributed by atoms with Gasteiger partial charge in [0, 0.05) is 5.02 Å². The van der Waals surface area contributed by atoms with Crippen LogP contribution in [0, 0.1) is 6.92 Å². The van der Waals surface area contributed by atoms with E-state index in [0.717, 1.165) is 5.56 Å². The van der Waals surface area contributed by atoms with E-state index in [4.69, 9.17) is 27.9 Å². The molecule has 0 spiro atoms. The lowest BCUT2D eigenvalue weighted by Crippen LogP contribution is -2.19. The highest BCUT2D eigenvalue weighted by molar-refractivity contribution is 6.64. The van der Waals surface area contributed by atoms with Crippen LogP contribution in [0.1, 0.15) is 12.5 Å². The fourth-order valence-corrected chi connectivity index (χ4v) is 1.25. The first-order chi connectivity index (χ1) is 6.50. The Morgan fingerprint density at radius 3 is 2.64 bits per heavy atom. The summed E-state index contributed by atoms with van der Waals surface area (Å²) in [5.41, 5.74) is 0.877. The minimum Gasteiger partial charge on any atom is -0.481 e. The first kappa shape index (κ1) is 11.3. The van der Waals surface area contributed by atoms with E-state index in [2.05, 4.69) is 0 Å². The molecule has 0 aromatic heterocycles. The summed E-state index contributed by atoms with van der Waals surface area (Å²) in [7, 11) is 0. The molecule has 0 unspecified atom stereocenters. The van der Waals surface area contributed by atoms with Crippen molar-refractivity contribution < 1.29 is 9.53 Å². The molecule has 0 aliphatic rings. The van der Waals surface area contributed by atoms with Gasteiger partial charge < -0.3 is 4.74 Å². The molecule has 0 bridgehead atoms. The van der Waals surface area contributed by atoms with Gasteiger partial charge in [0.1, 0.15) is 5.75 Å². The van der Waals surface area contributed by atoms with Crippen LogP contribution in [0.25, 0.3) is 0 Å². The zero-order chi connectivity index (χ0) is 10.7. The van der Waals surface area contributed by atoms with Gasteiger partial charge in [-0.15, -0.1) is 0 Å². The lowest BCUT2D eigenvalue weighted by molar-refractivity contribution is -0.117. The Hall–Kier alpha value is -0.730. The second-order valence-corrected chi connectivity index (χ2v) is 3.78. The van der Waals surface area contributed by atoms with Crippen LogP contribution in [0.2, 0.25) is 5.02 Å². The van der Waals surface area contributed by atoms with Gasteiger partial charge in [-0.2, -0.15) is 0 Å². The van der Waals surface area contributed by atoms with Gasteiger partial charge in [0.15, 0.2) is 6.10 Å². The molecule has 0 saturated heterocycles. The van der Waals surface area contributed by atoms with Crippen molar-refractivity contribution >= 4 is 28.4 Å². The van der Waals surface area contributed by atoms with Gasteiger partial charge in [-0.25, -0.2) is 0 Å². The van der Waals surface area contributed by atoms with Gasteiger partial charge in [0.05, 0.1) is 0 Å². The molecule has 0 aliphatic heterocycles. The molecule has 0 N–H and O–H groups in total. The number of rotatable bonds is 3. The maximum atomic E-state index is 10.7. The number of carbonyl (C=O) groups is 1. The predicted octanol–water partition coefficient (Wildman–Crippen LogP) is 3.18. The van der Waals surface area contributed by atoms with Gasteiger partial charge in [0.25, 0.3) is 5.24 Å². The normalized spacial score (nSPS) is 12.3. The van der Waals surface area contributed by atoms with Crippen molar-refractivity contribution in [3.8, 4) is 5.75 Å². The molecule has 0 aliphatic carbocycles. The van der Waals surface area contributed by atoms with E-state index in [1.54, 1.807) is 25.1 Å². The zero-order valence-corrected chi connectivity index (χ0v) is 9.39. The Morgan fingerprint density at radius 1 is 1.50 bits per heavy atom. The monoisotopic (exact) mass is 232 g/mol. The topological polar surface area (TPSA) is 26.3 Å². The number of carbonyl (C=O) groups excluding carboxylic acids is 1. The number of benzene rings is 1. The van der Waals surface area contributed by atoms with Gasteiger partial charge >= 0.3 is 0 Å². The molecule has 2 nitrogen and oxygen atoms in total. The van der Waals surface area contributed by atoms with E-state index < -0.39 is 11.3 Å². The first-order valence-corrected chi connectivity index (χ1v) is 4.88. The molecule has 1 aromatic carbocycles. The average molecular weight is 233 g/mol. The molecule has 1 atom stereocenters. The molecule has 0 heterocycles. The van der Waals surface area contributed by atoms with Crippen molar-refractivity contribution in [3.63, 3.8) is 0 Å². The van der Waals surface area contributed by atoms with Crippen LogP contribution in [0.15, 0.2) is 18.2 Å². The van der Waals surface area contributed by atoms with Crippen molar-refractivity contribution in [2.75, 3.05) is 0 Å². The Morgan fingerprint density at radius 2 is 2.14 bits per heavy atom. The molecule has 1 rings (SSSR count). The van der Waals surface area contributed by atoms with E-state index in [9.17, 15) is 4.79 Å². The van der Waals surface area contributed by atoms with Crippen LogP contribution in [-0.4, -0.2) is 11.3 Å². The van der Waals surface area contributed by atoms with E-state index in [0.29, 0.717) is 10.8 Å². The summed E-state index contributed by atoms with van der Waals surface area (Å²) in [4.78, 5) is 10.7. The van der Waals surface area contributed by atoms with Gasteiger partial charge in [0.2, 0.25) is 0 Å². The van der Waals surface area contributed by atoms with Crippen LogP contribution in [0.5, 0.6) is 5.75 Å². The highest BCUT2D eigenvalue weighted by atomic mass is 35.5. The molecule has 14 heavy (non-hydrogen) atoms. The van der Waals surface area contributed by atoms with Gasteiger partial charge in [-0.05, 0) is 49.2 Å². The van der Waals surface area contributed by atoms with Crippen molar-refractivity contribution in [3.05, 3.63) is 28.8 Å². The Labute approximate surface area is 92.8 Å². The summed E-state index contributed by atoms with van der Waals surface area (Å²) in [6, 6.07) is 5.19. The number of aryl methyl sites for hydroxylation is 1. The second-order valence-electron chi connectivity index (χ2n) is 2.97. The minimum absolute atomic E-state index is 0.514. The molecule has 1 aromatic rings. The van der Waals surface area contributed by atoms with Crippen LogP contribution in [-0.2, 0) is 4.79 Å². The summed E-state index contributed by atoms with van der Waals surface area (Å²) >= 11 is 11.0. The van der Waals surface area contributed by atoms with E-state index in [-0.39, 0.29) is 0 Å². The second kappa shape index (κ2) is 4.67. The third-order valence-corrected chi connectivity index (χ3v) is 2.30. The smallest absolute Gasteiger partial charge is 0.262 e. The van der Waals surface area contributed by atoms with E-state index >= 15 is 0 Å². The summed E-state index contributed by atoms with van der Waals surface area (Å²) < 4.78 is 5.32. The molecule has 0 saturated carbocycles. The third kappa shape index (κ3) is 2.89. The van der Waals surface area contributed by atoms with Gasteiger partial charge in [-0.1, -0.05) is 11.6 Å². The summed E-state index contributed by atoms with van der Waals surface area (Å²) in [5, 5.41) is 0.124. The molecule has 0 fully saturated rings. The van der Waals surface area contributed by atoms with Gasteiger partial charge in [-0.3, -0.25) is 4.79 Å². The minimum atomic E-state index is -0.642. The third-order valence-electron chi connectivity index (χ3n) is 1.76. The van der Waals surface area contributed by atoms with Crippen LogP contribution >= 0.6 is 23.2 Å². The highest BCUT2D eigenvalue weighted by Crippen LogP contribution is 2.23. The molecule has 0 radical (unpaired) electrons. The molecular weight excluding hydrogens is 223 g/mol. The maximum absolute atomic E-state index is 10.7. The number of ether oxygens (including phenoxy) is 1. The Balaban J connectivity index is 2.82. The number of hydrogen-bond donors (Lipinski definition) is 0. The average Bonchev–Trinajstić information content (AvgIpc) is 2.09. The summed E-state index contributed by atoms with van der Waals surface area (Å²) in [6.45, 7) is 3.45. The lowest BCUT2D eigenvalue weighted by atomic mass is 10.2. The zero-order valence-electron chi connectivity index (χ0n) is 7.88. The molecule has 0 amide bonds. The SMILES string of the molecule is Cc1cc(Cl)ccc1O[C@H](C)C(=O)Cl. The van der Waals surface area contributed by atoms with Crippen molar-refractivity contribution in [2.24, 2.45) is 0 Å². The van der Waals surface area contributed by atoms with Crippen molar-refractivity contribution in [1.29, 1.82) is 0 Å². The summed E-state index contributed by atoms with van der Waals surface area (Å²) in [5.74, 6) is 0.621. The largest absolute Gasteiger partial charge is 0.481 e. The molecule has 4 heteroatoms. The van der Waals surface area contributed by atoms with Crippen molar-refractivity contribution in [2.45, 2.75) is 20.0 Å². The Bertz CT molecular complexity index is 350. The maximum Gasteiger partial charge on any atom is 0.262 e. The lowest BCUT2D eigenvalue weighted by Gasteiger charge is -2.12. The molecular formula is C10H10Cl2O2. The number of hydrogen-bond acceptors (Lipinski definition) is 2. The number of halogens is 2. The first-order valence-electron chi connectivity index (χ1n) is 4.13. The predicted molar refractivity (Wildman–Crippen MR) is 57.1 cm³/mol. The fourth-order valence-electron chi connectivity index (χ4n) is 0.982. The van der Waals surface area contributed by atoms with Crippen LogP contribution in [0.4, 0.5) is 0 Å². The van der Waals surface area contributed by atoms with Crippen LogP contribution in [0.3, 0.4) is 0 Å².